The standard InChI is InChI=1S/C24H39FN4O2/c1-15-5-6-19(25)18-14-20(27-22(15)18)23(31)26-16-3-2-4-17(13-16)29-11-9-24(10-12-29)8-7-21(30)28-24/h15-20,22,27H,2-14H2,1H3,(H,26,31)(H,28,30)/t15?,16-,17+,18?,19?,20?,22?/m1/s1. The van der Waals surface area contributed by atoms with Crippen molar-refractivity contribution in [1.82, 2.24) is 20.9 Å². The zero-order valence-corrected chi connectivity index (χ0v) is 18.9. The summed E-state index contributed by atoms with van der Waals surface area (Å²) in [5.74, 6) is 0.727. The second kappa shape index (κ2) is 8.62. The molecule has 6 nitrogen and oxygen atoms in total. The molecule has 0 radical (unpaired) electrons. The van der Waals surface area contributed by atoms with Crippen molar-refractivity contribution in [3.05, 3.63) is 0 Å². The summed E-state index contributed by atoms with van der Waals surface area (Å²) in [5, 5.41) is 10.0. The van der Waals surface area contributed by atoms with Crippen LogP contribution in [-0.2, 0) is 9.59 Å². The second-order valence-electron chi connectivity index (χ2n) is 11.1. The third kappa shape index (κ3) is 4.37. The number of nitrogens with one attached hydrogen (secondary N) is 3. The molecule has 0 aromatic heterocycles. The summed E-state index contributed by atoms with van der Waals surface area (Å²) in [6.45, 7) is 4.26. The number of amides is 2. The molecule has 0 aromatic rings. The van der Waals surface area contributed by atoms with Crippen molar-refractivity contribution in [3.63, 3.8) is 0 Å². The van der Waals surface area contributed by atoms with Crippen LogP contribution in [0.3, 0.4) is 0 Å². The van der Waals surface area contributed by atoms with Crippen molar-refractivity contribution in [3.8, 4) is 0 Å². The van der Waals surface area contributed by atoms with Gasteiger partial charge in [0.2, 0.25) is 11.8 Å². The van der Waals surface area contributed by atoms with Crippen LogP contribution in [0.25, 0.3) is 0 Å². The van der Waals surface area contributed by atoms with Gasteiger partial charge in [-0.15, -0.1) is 0 Å². The van der Waals surface area contributed by atoms with E-state index < -0.39 is 6.17 Å². The Labute approximate surface area is 185 Å². The molecule has 3 heterocycles. The number of carbonyl (C=O) groups excluding carboxylic acids is 2. The molecule has 2 saturated carbocycles. The summed E-state index contributed by atoms with van der Waals surface area (Å²) in [6.07, 6.45) is 9.56. The van der Waals surface area contributed by atoms with E-state index in [9.17, 15) is 14.0 Å². The Kier molecular flexibility index (Phi) is 6.01. The van der Waals surface area contributed by atoms with Gasteiger partial charge in [-0.05, 0) is 70.1 Å². The van der Waals surface area contributed by atoms with Gasteiger partial charge in [0, 0.05) is 49.1 Å². The molecule has 174 valence electrons. The fourth-order valence-corrected chi connectivity index (χ4v) is 7.19. The fourth-order valence-electron chi connectivity index (χ4n) is 7.19. The van der Waals surface area contributed by atoms with Crippen LogP contribution in [0.2, 0.25) is 0 Å². The highest BCUT2D eigenvalue weighted by atomic mass is 19.1. The molecule has 5 unspecified atom stereocenters. The lowest BCUT2D eigenvalue weighted by Gasteiger charge is -2.45. The van der Waals surface area contributed by atoms with Gasteiger partial charge in [0.1, 0.15) is 6.17 Å². The number of piperidine rings is 1. The smallest absolute Gasteiger partial charge is 0.237 e. The van der Waals surface area contributed by atoms with Crippen LogP contribution in [0.5, 0.6) is 0 Å². The highest BCUT2D eigenvalue weighted by molar-refractivity contribution is 5.82. The first-order valence-corrected chi connectivity index (χ1v) is 12.7. The molecule has 3 N–H and O–H groups in total. The summed E-state index contributed by atoms with van der Waals surface area (Å²) >= 11 is 0. The molecular weight excluding hydrogens is 395 g/mol. The Bertz CT molecular complexity index is 677. The Balaban J connectivity index is 1.12. The molecule has 7 atom stereocenters. The van der Waals surface area contributed by atoms with Crippen molar-refractivity contribution in [2.75, 3.05) is 13.1 Å². The van der Waals surface area contributed by atoms with Crippen LogP contribution >= 0.6 is 0 Å². The maximum Gasteiger partial charge on any atom is 0.237 e. The van der Waals surface area contributed by atoms with E-state index in [0.717, 1.165) is 58.0 Å². The number of hydrogen-bond acceptors (Lipinski definition) is 4. The average Bonchev–Trinajstić information content (AvgIpc) is 3.37. The molecule has 0 bridgehead atoms. The van der Waals surface area contributed by atoms with E-state index in [-0.39, 0.29) is 41.4 Å². The zero-order chi connectivity index (χ0) is 21.6. The first kappa shape index (κ1) is 21.6. The highest BCUT2D eigenvalue weighted by Gasteiger charge is 2.47. The Morgan fingerprint density at radius 3 is 2.65 bits per heavy atom. The summed E-state index contributed by atoms with van der Waals surface area (Å²) in [5.41, 5.74) is 0.0478. The van der Waals surface area contributed by atoms with Gasteiger partial charge < -0.3 is 20.9 Å². The lowest BCUT2D eigenvalue weighted by Crippen LogP contribution is -2.55. The molecule has 1 spiro atoms. The number of carbonyl (C=O) groups is 2. The zero-order valence-electron chi connectivity index (χ0n) is 18.9. The van der Waals surface area contributed by atoms with Crippen molar-refractivity contribution < 1.29 is 14.0 Å². The highest BCUT2D eigenvalue weighted by Crippen LogP contribution is 2.39. The fraction of sp³-hybridized carbons (Fsp3) is 0.917. The number of likely N-dealkylation sites (tertiary alicyclic amines) is 1. The first-order chi connectivity index (χ1) is 14.9. The van der Waals surface area contributed by atoms with E-state index in [4.69, 9.17) is 0 Å². The molecule has 5 rings (SSSR count). The van der Waals surface area contributed by atoms with Gasteiger partial charge >= 0.3 is 0 Å². The predicted octanol–water partition coefficient (Wildman–Crippen LogP) is 2.27. The topological polar surface area (TPSA) is 73.5 Å². The van der Waals surface area contributed by atoms with E-state index in [2.05, 4.69) is 27.8 Å². The molecule has 0 aromatic carbocycles. The van der Waals surface area contributed by atoms with Crippen LogP contribution in [0.1, 0.15) is 77.6 Å². The lowest BCUT2D eigenvalue weighted by molar-refractivity contribution is -0.124. The van der Waals surface area contributed by atoms with Crippen LogP contribution < -0.4 is 16.0 Å². The van der Waals surface area contributed by atoms with Crippen LogP contribution in [-0.4, -0.2) is 65.7 Å². The molecule has 2 amide bonds. The van der Waals surface area contributed by atoms with E-state index >= 15 is 0 Å². The number of alkyl halides is 1. The quantitative estimate of drug-likeness (QED) is 0.637. The monoisotopic (exact) mass is 434 g/mol. The molecule has 7 heteroatoms. The largest absolute Gasteiger partial charge is 0.352 e. The van der Waals surface area contributed by atoms with Gasteiger partial charge in [0.25, 0.3) is 0 Å². The van der Waals surface area contributed by atoms with Gasteiger partial charge in [0.15, 0.2) is 0 Å². The number of halogens is 1. The van der Waals surface area contributed by atoms with Gasteiger partial charge in [-0.1, -0.05) is 6.92 Å². The molecule has 2 aliphatic carbocycles. The van der Waals surface area contributed by atoms with Crippen molar-refractivity contribution in [2.45, 2.75) is 113 Å². The summed E-state index contributed by atoms with van der Waals surface area (Å²) in [7, 11) is 0. The third-order valence-electron chi connectivity index (χ3n) is 9.15. The molecule has 31 heavy (non-hydrogen) atoms. The second-order valence-corrected chi connectivity index (χ2v) is 11.1. The maximum absolute atomic E-state index is 14.4. The summed E-state index contributed by atoms with van der Waals surface area (Å²) in [4.78, 5) is 27.3. The van der Waals surface area contributed by atoms with E-state index in [1.165, 1.54) is 6.42 Å². The normalized spacial score (nSPS) is 42.9. The van der Waals surface area contributed by atoms with Crippen molar-refractivity contribution >= 4 is 11.8 Å². The maximum atomic E-state index is 14.4. The minimum absolute atomic E-state index is 0.00430. The summed E-state index contributed by atoms with van der Waals surface area (Å²) < 4.78 is 14.4. The number of rotatable bonds is 3. The van der Waals surface area contributed by atoms with Crippen LogP contribution in [0.4, 0.5) is 4.39 Å². The SMILES string of the molecule is CC1CCC(F)C2CC(C(=O)N[C@@H]3CCC[C@H](N4CCC5(CCC(=O)N5)CC4)C3)NC12. The lowest BCUT2D eigenvalue weighted by atomic mass is 9.77. The summed E-state index contributed by atoms with van der Waals surface area (Å²) in [6, 6.07) is 0.643. The van der Waals surface area contributed by atoms with Gasteiger partial charge in [0.05, 0.1) is 6.04 Å². The minimum Gasteiger partial charge on any atom is -0.352 e. The number of nitrogens with zero attached hydrogens (tertiary/aromatic N) is 1. The number of fused-ring (bicyclic) bond motifs is 1. The van der Waals surface area contributed by atoms with Crippen molar-refractivity contribution in [1.29, 1.82) is 0 Å². The number of hydrogen-bond donors (Lipinski definition) is 3. The van der Waals surface area contributed by atoms with E-state index in [0.29, 0.717) is 31.2 Å². The average molecular weight is 435 g/mol. The van der Waals surface area contributed by atoms with Crippen LogP contribution in [0, 0.1) is 11.8 Å². The van der Waals surface area contributed by atoms with E-state index in [1.807, 2.05) is 0 Å². The van der Waals surface area contributed by atoms with E-state index in [1.54, 1.807) is 0 Å². The Hall–Kier alpha value is -1.21. The predicted molar refractivity (Wildman–Crippen MR) is 117 cm³/mol. The van der Waals surface area contributed by atoms with Crippen molar-refractivity contribution in [2.24, 2.45) is 11.8 Å². The van der Waals surface area contributed by atoms with Gasteiger partial charge in [-0.25, -0.2) is 4.39 Å². The molecule has 5 aliphatic rings. The molecule has 5 fully saturated rings. The van der Waals surface area contributed by atoms with Crippen LogP contribution in [0.15, 0.2) is 0 Å². The Morgan fingerprint density at radius 2 is 1.94 bits per heavy atom. The third-order valence-corrected chi connectivity index (χ3v) is 9.15. The van der Waals surface area contributed by atoms with Gasteiger partial charge in [-0.2, -0.15) is 0 Å². The molecule has 3 saturated heterocycles. The first-order valence-electron chi connectivity index (χ1n) is 12.7. The molecule has 3 aliphatic heterocycles. The minimum atomic E-state index is -0.766. The van der Waals surface area contributed by atoms with Gasteiger partial charge in [-0.3, -0.25) is 9.59 Å². The molecular formula is C24H39FN4O2. The Morgan fingerprint density at radius 1 is 1.13 bits per heavy atom.